The lowest BCUT2D eigenvalue weighted by molar-refractivity contribution is 0.105. The summed E-state index contributed by atoms with van der Waals surface area (Å²) in [6, 6.07) is 25.9. The zero-order valence-corrected chi connectivity index (χ0v) is 21.2. The highest BCUT2D eigenvalue weighted by Crippen LogP contribution is 2.47. The van der Waals surface area contributed by atoms with Crippen molar-refractivity contribution in [3.05, 3.63) is 129 Å². The van der Waals surface area contributed by atoms with Gasteiger partial charge in [0.1, 0.15) is 11.5 Å². The van der Waals surface area contributed by atoms with Crippen molar-refractivity contribution in [3.8, 4) is 17.2 Å². The standard InChI is InChI=1S/C31H26O4S/c1-20-9-4-5-10-22(20)30-23-11-6-7-12-26(23)35-31(21-14-17-27(33-2)28(19-21)34-3)24(30)15-16-25(32)29-13-8-18-36-29/h4-19,30H,1-3H3. The largest absolute Gasteiger partial charge is 0.493 e. The number of para-hydroxylation sites is 1. The summed E-state index contributed by atoms with van der Waals surface area (Å²) in [6.07, 6.45) is 3.55. The van der Waals surface area contributed by atoms with Crippen LogP contribution in [-0.2, 0) is 0 Å². The Kier molecular flexibility index (Phi) is 6.74. The number of fused-ring (bicyclic) bond motifs is 1. The van der Waals surface area contributed by atoms with Crippen molar-refractivity contribution in [1.82, 2.24) is 0 Å². The van der Waals surface area contributed by atoms with Gasteiger partial charge >= 0.3 is 0 Å². The van der Waals surface area contributed by atoms with E-state index in [1.165, 1.54) is 16.9 Å². The smallest absolute Gasteiger partial charge is 0.195 e. The van der Waals surface area contributed by atoms with Gasteiger partial charge in [0.25, 0.3) is 0 Å². The molecule has 5 rings (SSSR count). The highest BCUT2D eigenvalue weighted by Gasteiger charge is 2.31. The van der Waals surface area contributed by atoms with Crippen LogP contribution in [0.5, 0.6) is 17.2 Å². The van der Waals surface area contributed by atoms with Crippen molar-refractivity contribution < 1.29 is 19.0 Å². The van der Waals surface area contributed by atoms with Crippen LogP contribution in [-0.4, -0.2) is 20.0 Å². The van der Waals surface area contributed by atoms with E-state index in [2.05, 4.69) is 31.2 Å². The fourth-order valence-corrected chi connectivity index (χ4v) is 5.21. The van der Waals surface area contributed by atoms with Gasteiger partial charge in [0.2, 0.25) is 0 Å². The second-order valence-electron chi connectivity index (χ2n) is 8.46. The van der Waals surface area contributed by atoms with Crippen LogP contribution < -0.4 is 14.2 Å². The molecule has 4 aromatic rings. The summed E-state index contributed by atoms with van der Waals surface area (Å²) in [6.45, 7) is 2.11. The Morgan fingerprint density at radius 2 is 1.64 bits per heavy atom. The van der Waals surface area contributed by atoms with Crippen molar-refractivity contribution in [2.45, 2.75) is 12.8 Å². The number of carbonyl (C=O) groups excluding carboxylic acids is 1. The topological polar surface area (TPSA) is 44.8 Å². The Bertz CT molecular complexity index is 1460. The Balaban J connectivity index is 1.74. The first-order valence-electron chi connectivity index (χ1n) is 11.7. The number of ketones is 1. The van der Waals surface area contributed by atoms with Crippen LogP contribution in [0.25, 0.3) is 5.76 Å². The molecule has 0 bridgehead atoms. The SMILES string of the molecule is COc1ccc(C2=C(C=CC(=O)c3cccs3)C(c3ccccc3C)c3ccccc3O2)cc1OC. The molecule has 1 atom stereocenters. The number of aryl methyl sites for hydroxylation is 1. The molecule has 0 saturated heterocycles. The molecule has 1 unspecified atom stereocenters. The summed E-state index contributed by atoms with van der Waals surface area (Å²) in [5, 5.41) is 1.91. The van der Waals surface area contributed by atoms with Gasteiger partial charge in [-0.3, -0.25) is 4.79 Å². The summed E-state index contributed by atoms with van der Waals surface area (Å²) in [4.78, 5) is 13.7. The van der Waals surface area contributed by atoms with Crippen LogP contribution in [0.2, 0.25) is 0 Å². The molecule has 0 fully saturated rings. The first kappa shape index (κ1) is 23.6. The van der Waals surface area contributed by atoms with Crippen LogP contribution in [0, 0.1) is 6.92 Å². The van der Waals surface area contributed by atoms with E-state index < -0.39 is 0 Å². The van der Waals surface area contributed by atoms with Crippen molar-refractivity contribution in [1.29, 1.82) is 0 Å². The fourth-order valence-electron chi connectivity index (χ4n) is 4.57. The van der Waals surface area contributed by atoms with Gasteiger partial charge in [0, 0.05) is 22.6 Å². The molecule has 0 saturated carbocycles. The number of hydrogen-bond acceptors (Lipinski definition) is 5. The molecule has 0 aliphatic carbocycles. The number of rotatable bonds is 7. The van der Waals surface area contributed by atoms with Gasteiger partial charge in [-0.15, -0.1) is 11.3 Å². The Labute approximate surface area is 215 Å². The van der Waals surface area contributed by atoms with E-state index in [1.54, 1.807) is 20.3 Å². The third kappa shape index (κ3) is 4.45. The lowest BCUT2D eigenvalue weighted by atomic mass is 9.79. The number of benzene rings is 3. The molecule has 0 amide bonds. The second kappa shape index (κ2) is 10.3. The maximum Gasteiger partial charge on any atom is 0.195 e. The summed E-state index contributed by atoms with van der Waals surface area (Å²) >= 11 is 1.43. The maximum atomic E-state index is 13.0. The number of hydrogen-bond donors (Lipinski definition) is 0. The fraction of sp³-hybridized carbons (Fsp3) is 0.129. The summed E-state index contributed by atoms with van der Waals surface area (Å²) in [5.74, 6) is 2.56. The van der Waals surface area contributed by atoms with E-state index >= 15 is 0 Å². The molecule has 1 aliphatic rings. The molecule has 36 heavy (non-hydrogen) atoms. The average molecular weight is 495 g/mol. The Hall–Kier alpha value is -4.09. The molecule has 0 N–H and O–H groups in total. The minimum absolute atomic E-state index is 0.0356. The zero-order valence-electron chi connectivity index (χ0n) is 20.4. The van der Waals surface area contributed by atoms with Gasteiger partial charge in [-0.1, -0.05) is 54.6 Å². The molecular formula is C31H26O4S. The lowest BCUT2D eigenvalue weighted by Crippen LogP contribution is -2.16. The second-order valence-corrected chi connectivity index (χ2v) is 9.41. The summed E-state index contributed by atoms with van der Waals surface area (Å²) in [7, 11) is 3.23. The minimum Gasteiger partial charge on any atom is -0.493 e. The molecular weight excluding hydrogens is 468 g/mol. The van der Waals surface area contributed by atoms with Crippen molar-refractivity contribution >= 4 is 22.9 Å². The molecule has 0 spiro atoms. The number of allylic oxidation sites excluding steroid dienone is 3. The van der Waals surface area contributed by atoms with Gasteiger partial charge in [-0.05, 0) is 59.8 Å². The normalized spacial score (nSPS) is 14.9. The molecule has 5 heteroatoms. The highest BCUT2D eigenvalue weighted by atomic mass is 32.1. The van der Waals surface area contributed by atoms with Gasteiger partial charge in [-0.25, -0.2) is 0 Å². The van der Waals surface area contributed by atoms with Crippen molar-refractivity contribution in [2.75, 3.05) is 14.2 Å². The minimum atomic E-state index is -0.119. The molecule has 4 nitrogen and oxygen atoms in total. The lowest BCUT2D eigenvalue weighted by Gasteiger charge is -2.31. The molecule has 2 heterocycles. The van der Waals surface area contributed by atoms with E-state index in [0.717, 1.165) is 28.0 Å². The van der Waals surface area contributed by atoms with E-state index in [1.807, 2.05) is 66.1 Å². The number of carbonyl (C=O) groups is 1. The average Bonchev–Trinajstić information content (AvgIpc) is 3.46. The zero-order chi connectivity index (χ0) is 25.1. The van der Waals surface area contributed by atoms with Crippen LogP contribution >= 0.6 is 11.3 Å². The maximum absolute atomic E-state index is 13.0. The van der Waals surface area contributed by atoms with Crippen LogP contribution in [0.15, 0.2) is 102 Å². The number of ether oxygens (including phenoxy) is 3. The van der Waals surface area contributed by atoms with Gasteiger partial charge in [0.05, 0.1) is 19.1 Å². The van der Waals surface area contributed by atoms with E-state index in [-0.39, 0.29) is 11.7 Å². The third-order valence-corrected chi connectivity index (χ3v) is 7.22. The van der Waals surface area contributed by atoms with Crippen LogP contribution in [0.4, 0.5) is 0 Å². The molecule has 1 aliphatic heterocycles. The summed E-state index contributed by atoms with van der Waals surface area (Å²) < 4.78 is 17.6. The van der Waals surface area contributed by atoms with Crippen LogP contribution in [0.1, 0.15) is 37.8 Å². The Morgan fingerprint density at radius 1 is 0.889 bits per heavy atom. The highest BCUT2D eigenvalue weighted by molar-refractivity contribution is 7.12. The number of methoxy groups -OCH3 is 2. The van der Waals surface area contributed by atoms with E-state index in [0.29, 0.717) is 22.1 Å². The van der Waals surface area contributed by atoms with Crippen molar-refractivity contribution in [2.24, 2.45) is 0 Å². The number of thiophene rings is 1. The first-order chi connectivity index (χ1) is 17.6. The molecule has 0 radical (unpaired) electrons. The van der Waals surface area contributed by atoms with Gasteiger partial charge < -0.3 is 14.2 Å². The predicted molar refractivity (Wildman–Crippen MR) is 144 cm³/mol. The van der Waals surface area contributed by atoms with E-state index in [9.17, 15) is 4.79 Å². The molecule has 3 aromatic carbocycles. The van der Waals surface area contributed by atoms with E-state index in [4.69, 9.17) is 14.2 Å². The molecule has 180 valence electrons. The molecule has 1 aromatic heterocycles. The quantitative estimate of drug-likeness (QED) is 0.198. The third-order valence-electron chi connectivity index (χ3n) is 6.34. The predicted octanol–water partition coefficient (Wildman–Crippen LogP) is 7.45. The van der Waals surface area contributed by atoms with Gasteiger partial charge in [-0.2, -0.15) is 0 Å². The van der Waals surface area contributed by atoms with Crippen LogP contribution in [0.3, 0.4) is 0 Å². The first-order valence-corrected chi connectivity index (χ1v) is 12.5. The monoisotopic (exact) mass is 494 g/mol. The Morgan fingerprint density at radius 3 is 2.36 bits per heavy atom. The van der Waals surface area contributed by atoms with Crippen molar-refractivity contribution in [3.63, 3.8) is 0 Å². The summed E-state index contributed by atoms with van der Waals surface area (Å²) in [5.41, 5.74) is 5.12. The van der Waals surface area contributed by atoms with Gasteiger partial charge in [0.15, 0.2) is 17.3 Å².